The Morgan fingerprint density at radius 1 is 1.03 bits per heavy atom. The van der Waals surface area contributed by atoms with E-state index in [2.05, 4.69) is 0 Å². The number of hydrogen-bond acceptors (Lipinski definition) is 5. The molecular formula is C23H24N2O3S. The Morgan fingerprint density at radius 3 is 2.31 bits per heavy atom. The molecule has 0 radical (unpaired) electrons. The maximum absolute atomic E-state index is 12.5. The molecule has 3 rings (SSSR count). The van der Waals surface area contributed by atoms with Gasteiger partial charge in [-0.25, -0.2) is 4.98 Å². The minimum Gasteiger partial charge on any atom is -0.452 e. The summed E-state index contributed by atoms with van der Waals surface area (Å²) in [7, 11) is 3.27. The molecule has 0 N–H and O–H groups in total. The molecule has 150 valence electrons. The first kappa shape index (κ1) is 20.7. The lowest BCUT2D eigenvalue weighted by atomic mass is 10.1. The molecule has 5 nitrogen and oxygen atoms in total. The highest BCUT2D eigenvalue weighted by Gasteiger charge is 2.22. The van der Waals surface area contributed by atoms with E-state index >= 15 is 0 Å². The van der Waals surface area contributed by atoms with Crippen molar-refractivity contribution in [1.29, 1.82) is 0 Å². The average molecular weight is 409 g/mol. The molecule has 0 aliphatic heterocycles. The van der Waals surface area contributed by atoms with Crippen LogP contribution in [0.3, 0.4) is 0 Å². The largest absolute Gasteiger partial charge is 0.452 e. The Hall–Kier alpha value is -2.99. The fourth-order valence-corrected chi connectivity index (χ4v) is 3.99. The van der Waals surface area contributed by atoms with Gasteiger partial charge in [-0.2, -0.15) is 0 Å². The summed E-state index contributed by atoms with van der Waals surface area (Å²) >= 11 is 1.55. The molecule has 1 atom stereocenters. The lowest BCUT2D eigenvalue weighted by Gasteiger charge is -2.17. The van der Waals surface area contributed by atoms with Crippen LogP contribution in [0.2, 0.25) is 0 Å². The van der Waals surface area contributed by atoms with Gasteiger partial charge in [0, 0.05) is 19.7 Å². The van der Waals surface area contributed by atoms with E-state index in [1.54, 1.807) is 32.4 Å². The van der Waals surface area contributed by atoms with E-state index in [1.807, 2.05) is 61.5 Å². The van der Waals surface area contributed by atoms with Crippen LogP contribution in [0, 0.1) is 6.92 Å². The van der Waals surface area contributed by atoms with Gasteiger partial charge >= 0.3 is 5.97 Å². The van der Waals surface area contributed by atoms with E-state index in [4.69, 9.17) is 9.72 Å². The summed E-state index contributed by atoms with van der Waals surface area (Å²) < 4.78 is 5.34. The highest BCUT2D eigenvalue weighted by molar-refractivity contribution is 7.18. The zero-order chi connectivity index (χ0) is 21.0. The number of carbonyl (C=O) groups is 2. The van der Waals surface area contributed by atoms with Gasteiger partial charge in [-0.15, -0.1) is 11.3 Å². The zero-order valence-electron chi connectivity index (χ0n) is 17.0. The molecule has 1 heterocycles. The number of amides is 1. The summed E-state index contributed by atoms with van der Waals surface area (Å²) in [4.78, 5) is 31.6. The van der Waals surface area contributed by atoms with Crippen molar-refractivity contribution in [3.05, 3.63) is 65.9 Å². The summed E-state index contributed by atoms with van der Waals surface area (Å²) in [6.45, 7) is 3.62. The van der Waals surface area contributed by atoms with E-state index in [9.17, 15) is 9.59 Å². The maximum atomic E-state index is 12.5. The third kappa shape index (κ3) is 5.09. The monoisotopic (exact) mass is 408 g/mol. The molecule has 3 aromatic rings. The number of aryl methyl sites for hydroxylation is 1. The second kappa shape index (κ2) is 9.01. The van der Waals surface area contributed by atoms with E-state index in [-0.39, 0.29) is 12.3 Å². The number of carbonyl (C=O) groups excluding carboxylic acids is 2. The van der Waals surface area contributed by atoms with Crippen molar-refractivity contribution >= 4 is 23.2 Å². The standard InChI is InChI=1S/C23H24N2O3S/c1-15-10-12-17(13-11-15)21-19(14-20(26)28-16(2)23(27)25(3)4)24-22(29-21)18-8-6-5-7-9-18/h5-13,16H,14H2,1-4H3/t16-/m1/s1. The summed E-state index contributed by atoms with van der Waals surface area (Å²) in [5, 5.41) is 0.849. The van der Waals surface area contributed by atoms with Gasteiger partial charge in [-0.1, -0.05) is 60.2 Å². The van der Waals surface area contributed by atoms with Crippen LogP contribution in [-0.2, 0) is 20.7 Å². The molecule has 0 aliphatic rings. The van der Waals surface area contributed by atoms with Crippen LogP contribution in [0.25, 0.3) is 21.0 Å². The predicted octanol–water partition coefficient (Wildman–Crippen LogP) is 4.35. The first-order valence-corrected chi connectivity index (χ1v) is 10.2. The summed E-state index contributed by atoms with van der Waals surface area (Å²) in [6, 6.07) is 18.0. The molecule has 1 aromatic heterocycles. The molecule has 0 saturated heterocycles. The van der Waals surface area contributed by atoms with Crippen LogP contribution in [0.4, 0.5) is 0 Å². The smallest absolute Gasteiger partial charge is 0.312 e. The van der Waals surface area contributed by atoms with Crippen LogP contribution in [0.5, 0.6) is 0 Å². The van der Waals surface area contributed by atoms with E-state index in [0.717, 1.165) is 21.0 Å². The SMILES string of the molecule is Cc1ccc(-c2sc(-c3ccccc3)nc2CC(=O)O[C@H](C)C(=O)N(C)C)cc1. The minimum absolute atomic E-state index is 0.0115. The van der Waals surface area contributed by atoms with Gasteiger partial charge in [-0.3, -0.25) is 9.59 Å². The number of nitrogens with zero attached hydrogens (tertiary/aromatic N) is 2. The van der Waals surface area contributed by atoms with Gasteiger partial charge < -0.3 is 9.64 Å². The number of ether oxygens (including phenoxy) is 1. The van der Waals surface area contributed by atoms with Crippen LogP contribution in [-0.4, -0.2) is 42.0 Å². The van der Waals surface area contributed by atoms with E-state index in [0.29, 0.717) is 5.69 Å². The van der Waals surface area contributed by atoms with Crippen molar-refractivity contribution in [3.63, 3.8) is 0 Å². The third-order valence-corrected chi connectivity index (χ3v) is 5.64. The number of benzene rings is 2. The molecule has 0 bridgehead atoms. The fraction of sp³-hybridized carbons (Fsp3) is 0.261. The number of aromatic nitrogens is 1. The second-order valence-corrected chi connectivity index (χ2v) is 8.07. The highest BCUT2D eigenvalue weighted by Crippen LogP contribution is 2.36. The first-order valence-electron chi connectivity index (χ1n) is 9.38. The zero-order valence-corrected chi connectivity index (χ0v) is 17.8. The topological polar surface area (TPSA) is 59.5 Å². The Bertz CT molecular complexity index is 995. The van der Waals surface area contributed by atoms with Crippen molar-refractivity contribution in [1.82, 2.24) is 9.88 Å². The van der Waals surface area contributed by atoms with Crippen molar-refractivity contribution in [2.75, 3.05) is 14.1 Å². The molecule has 29 heavy (non-hydrogen) atoms. The molecule has 0 aliphatic carbocycles. The molecule has 6 heteroatoms. The van der Waals surface area contributed by atoms with Gasteiger partial charge in [0.2, 0.25) is 0 Å². The molecular weight excluding hydrogens is 384 g/mol. The predicted molar refractivity (Wildman–Crippen MR) is 116 cm³/mol. The quantitative estimate of drug-likeness (QED) is 0.569. The second-order valence-electron chi connectivity index (χ2n) is 7.07. The summed E-state index contributed by atoms with van der Waals surface area (Å²) in [5.41, 5.74) is 3.84. The molecule has 2 aromatic carbocycles. The van der Waals surface area contributed by atoms with E-state index in [1.165, 1.54) is 10.5 Å². The lowest BCUT2D eigenvalue weighted by molar-refractivity contribution is -0.157. The Balaban J connectivity index is 1.90. The first-order chi connectivity index (χ1) is 13.8. The summed E-state index contributed by atoms with van der Waals surface area (Å²) in [6.07, 6.45) is -0.815. The Labute approximate surface area is 175 Å². The van der Waals surface area contributed by atoms with Crippen LogP contribution >= 0.6 is 11.3 Å². The van der Waals surface area contributed by atoms with Gasteiger partial charge in [0.1, 0.15) is 5.01 Å². The minimum atomic E-state index is -0.826. The van der Waals surface area contributed by atoms with Gasteiger partial charge in [0.25, 0.3) is 5.91 Å². The molecule has 0 unspecified atom stereocenters. The van der Waals surface area contributed by atoms with Gasteiger partial charge in [-0.05, 0) is 19.4 Å². The average Bonchev–Trinajstić information content (AvgIpc) is 3.12. The van der Waals surface area contributed by atoms with Gasteiger partial charge in [0.05, 0.1) is 17.0 Å². The Morgan fingerprint density at radius 2 is 1.69 bits per heavy atom. The number of hydrogen-bond donors (Lipinski definition) is 0. The fourth-order valence-electron chi connectivity index (χ4n) is 2.90. The van der Waals surface area contributed by atoms with E-state index < -0.39 is 12.1 Å². The van der Waals surface area contributed by atoms with Crippen molar-refractivity contribution in [3.8, 4) is 21.0 Å². The molecule has 0 saturated carbocycles. The van der Waals surface area contributed by atoms with Crippen molar-refractivity contribution in [2.45, 2.75) is 26.4 Å². The van der Waals surface area contributed by atoms with Gasteiger partial charge in [0.15, 0.2) is 6.10 Å². The van der Waals surface area contributed by atoms with Crippen LogP contribution in [0.1, 0.15) is 18.2 Å². The lowest BCUT2D eigenvalue weighted by Crippen LogP contribution is -2.35. The maximum Gasteiger partial charge on any atom is 0.312 e. The summed E-state index contributed by atoms with van der Waals surface area (Å²) in [5.74, 6) is -0.716. The Kier molecular flexibility index (Phi) is 6.44. The van der Waals surface area contributed by atoms with Crippen molar-refractivity contribution < 1.29 is 14.3 Å². The number of thiazole rings is 1. The normalized spacial score (nSPS) is 11.7. The van der Waals surface area contributed by atoms with Crippen molar-refractivity contribution in [2.24, 2.45) is 0 Å². The molecule has 0 spiro atoms. The number of rotatable bonds is 6. The van der Waals surface area contributed by atoms with Crippen LogP contribution in [0.15, 0.2) is 54.6 Å². The molecule has 0 fully saturated rings. The number of esters is 1. The number of likely N-dealkylation sites (N-methyl/N-ethyl adjacent to an activating group) is 1. The highest BCUT2D eigenvalue weighted by atomic mass is 32.1. The third-order valence-electron chi connectivity index (χ3n) is 4.44. The van der Waals surface area contributed by atoms with Crippen LogP contribution < -0.4 is 0 Å². The molecule has 1 amide bonds.